The fraction of sp³-hybridized carbons (Fsp3) is 0.600. The zero-order valence-electron chi connectivity index (χ0n) is 8.60. The smallest absolute Gasteiger partial charge is 0.0887 e. The Morgan fingerprint density at radius 2 is 2.14 bits per heavy atom. The molecule has 1 heterocycles. The maximum Gasteiger partial charge on any atom is 0.0887 e. The molecule has 0 fully saturated rings. The van der Waals surface area contributed by atoms with Crippen LogP contribution in [0.2, 0.25) is 5.02 Å². The Bertz CT molecular complexity index is 297. The van der Waals surface area contributed by atoms with E-state index < -0.39 is 0 Å². The van der Waals surface area contributed by atoms with Crippen molar-refractivity contribution < 1.29 is 0 Å². The lowest BCUT2D eigenvalue weighted by atomic mass is 9.88. The largest absolute Gasteiger partial charge is 0.323 e. The van der Waals surface area contributed by atoms with Crippen LogP contribution in [0.5, 0.6) is 0 Å². The van der Waals surface area contributed by atoms with Gasteiger partial charge < -0.3 is 5.73 Å². The maximum absolute atomic E-state index is 6.09. The molecule has 2 N–H and O–H groups in total. The highest BCUT2D eigenvalue weighted by Gasteiger charge is 2.19. The molecule has 1 rings (SSSR count). The van der Waals surface area contributed by atoms with Crippen molar-refractivity contribution in [3.63, 3.8) is 0 Å². The van der Waals surface area contributed by atoms with E-state index in [9.17, 15) is 0 Å². The minimum absolute atomic E-state index is 0.0869. The molecule has 0 amide bonds. The molecule has 0 aliphatic rings. The molecule has 1 nitrogen and oxygen atoms in total. The fourth-order valence-electron chi connectivity index (χ4n) is 1.31. The summed E-state index contributed by atoms with van der Waals surface area (Å²) in [6.45, 7) is 6.57. The van der Waals surface area contributed by atoms with Gasteiger partial charge in [0.15, 0.2) is 0 Å². The van der Waals surface area contributed by atoms with E-state index in [2.05, 4.69) is 36.7 Å². The predicted octanol–water partition coefficient (Wildman–Crippen LogP) is 4.60. The molecule has 0 bridgehead atoms. The molecule has 0 aromatic carbocycles. The lowest BCUT2D eigenvalue weighted by Crippen LogP contribution is -2.17. The molecular weight excluding hydrogens is 282 g/mol. The average Bonchev–Trinajstić information content (AvgIpc) is 2.28. The molecule has 1 atom stereocenters. The summed E-state index contributed by atoms with van der Waals surface area (Å²) in [6.07, 6.45) is 0.969. The summed E-state index contributed by atoms with van der Waals surface area (Å²) in [5.74, 6) is 0. The number of rotatable bonds is 2. The molecule has 0 aliphatic heterocycles. The van der Waals surface area contributed by atoms with Gasteiger partial charge in [0.2, 0.25) is 0 Å². The fourth-order valence-corrected chi connectivity index (χ4v) is 3.05. The van der Waals surface area contributed by atoms with Crippen molar-refractivity contribution in [2.24, 2.45) is 11.1 Å². The van der Waals surface area contributed by atoms with Crippen LogP contribution in [-0.4, -0.2) is 0 Å². The van der Waals surface area contributed by atoms with Crippen LogP contribution in [0.3, 0.4) is 0 Å². The van der Waals surface area contributed by atoms with Gasteiger partial charge in [0.1, 0.15) is 0 Å². The first-order valence-corrected chi connectivity index (χ1v) is 6.48. The maximum atomic E-state index is 6.09. The number of halogens is 2. The summed E-state index contributed by atoms with van der Waals surface area (Å²) < 4.78 is 0.971. The van der Waals surface area contributed by atoms with Crippen LogP contribution in [0.15, 0.2) is 9.85 Å². The lowest BCUT2D eigenvalue weighted by molar-refractivity contribution is 0.345. The number of hydrogen-bond acceptors (Lipinski definition) is 2. The second kappa shape index (κ2) is 4.52. The van der Waals surface area contributed by atoms with E-state index in [1.807, 2.05) is 6.07 Å². The summed E-state index contributed by atoms with van der Waals surface area (Å²) in [5.41, 5.74) is 6.35. The molecule has 0 saturated heterocycles. The van der Waals surface area contributed by atoms with Gasteiger partial charge in [0, 0.05) is 10.9 Å². The molecule has 14 heavy (non-hydrogen) atoms. The topological polar surface area (TPSA) is 26.0 Å². The van der Waals surface area contributed by atoms with Gasteiger partial charge in [-0.1, -0.05) is 32.4 Å². The number of hydrogen-bond donors (Lipinski definition) is 1. The summed E-state index contributed by atoms with van der Waals surface area (Å²) in [6, 6.07) is 2.04. The van der Waals surface area contributed by atoms with Crippen molar-refractivity contribution >= 4 is 38.9 Å². The first-order valence-electron chi connectivity index (χ1n) is 4.50. The molecule has 0 saturated carbocycles. The van der Waals surface area contributed by atoms with Gasteiger partial charge in [-0.15, -0.1) is 11.3 Å². The van der Waals surface area contributed by atoms with Gasteiger partial charge in [-0.3, -0.25) is 0 Å². The normalized spacial score (nSPS) is 14.4. The summed E-state index contributed by atoms with van der Waals surface area (Å²) in [7, 11) is 0. The monoisotopic (exact) mass is 295 g/mol. The first-order chi connectivity index (χ1) is 6.29. The Hall–Kier alpha value is 0.430. The molecule has 0 spiro atoms. The molecule has 1 unspecified atom stereocenters. The van der Waals surface area contributed by atoms with Crippen molar-refractivity contribution in [2.45, 2.75) is 33.2 Å². The predicted molar refractivity (Wildman–Crippen MR) is 68.0 cm³/mol. The van der Waals surface area contributed by atoms with Crippen molar-refractivity contribution in [1.29, 1.82) is 0 Å². The van der Waals surface area contributed by atoms with Gasteiger partial charge in [-0.05, 0) is 33.8 Å². The van der Waals surface area contributed by atoms with E-state index in [4.69, 9.17) is 17.3 Å². The molecule has 0 radical (unpaired) electrons. The van der Waals surface area contributed by atoms with Crippen molar-refractivity contribution in [3.05, 3.63) is 19.8 Å². The lowest BCUT2D eigenvalue weighted by Gasteiger charge is -2.22. The standard InChI is InChI=1S/C10H15BrClNS/c1-10(2,3)5-7(13)8-4-6(12)9(11)14-8/h4,7H,5,13H2,1-3H3. The van der Waals surface area contributed by atoms with Crippen LogP contribution >= 0.6 is 38.9 Å². The summed E-state index contributed by atoms with van der Waals surface area (Å²) >= 11 is 11.0. The SMILES string of the molecule is CC(C)(C)CC(N)c1cc(Cl)c(Br)s1. The van der Waals surface area contributed by atoms with Crippen LogP contribution in [0.4, 0.5) is 0 Å². The van der Waals surface area contributed by atoms with Gasteiger partial charge in [0.25, 0.3) is 0 Å². The Labute approximate surface area is 103 Å². The zero-order chi connectivity index (χ0) is 10.9. The van der Waals surface area contributed by atoms with Gasteiger partial charge in [0.05, 0.1) is 8.81 Å². The van der Waals surface area contributed by atoms with Crippen molar-refractivity contribution in [1.82, 2.24) is 0 Å². The minimum Gasteiger partial charge on any atom is -0.323 e. The second-order valence-corrected chi connectivity index (χ2v) is 7.45. The van der Waals surface area contributed by atoms with Crippen LogP contribution < -0.4 is 5.73 Å². The Kier molecular flexibility index (Phi) is 4.03. The van der Waals surface area contributed by atoms with Crippen LogP contribution in [0, 0.1) is 5.41 Å². The summed E-state index contributed by atoms with van der Waals surface area (Å²) in [5, 5.41) is 0.759. The van der Waals surface area contributed by atoms with E-state index in [1.54, 1.807) is 11.3 Å². The first kappa shape index (κ1) is 12.5. The third-order valence-electron chi connectivity index (χ3n) is 1.86. The van der Waals surface area contributed by atoms with E-state index in [0.29, 0.717) is 0 Å². The molecular formula is C10H15BrClNS. The third kappa shape index (κ3) is 3.54. The molecule has 4 heteroatoms. The van der Waals surface area contributed by atoms with Crippen molar-refractivity contribution in [3.8, 4) is 0 Å². The van der Waals surface area contributed by atoms with Crippen molar-refractivity contribution in [2.75, 3.05) is 0 Å². The highest BCUT2D eigenvalue weighted by molar-refractivity contribution is 9.11. The molecule has 1 aromatic heterocycles. The highest BCUT2D eigenvalue weighted by Crippen LogP contribution is 2.37. The number of nitrogens with two attached hydrogens (primary N) is 1. The average molecular weight is 297 g/mol. The quantitative estimate of drug-likeness (QED) is 0.848. The van der Waals surface area contributed by atoms with E-state index in [1.165, 1.54) is 0 Å². The second-order valence-electron chi connectivity index (χ2n) is 4.64. The Balaban J connectivity index is 2.75. The van der Waals surface area contributed by atoms with Gasteiger partial charge >= 0.3 is 0 Å². The Morgan fingerprint density at radius 1 is 1.57 bits per heavy atom. The van der Waals surface area contributed by atoms with Gasteiger partial charge in [-0.2, -0.15) is 0 Å². The van der Waals surface area contributed by atoms with Crippen LogP contribution in [0.25, 0.3) is 0 Å². The zero-order valence-corrected chi connectivity index (χ0v) is 11.8. The third-order valence-corrected chi connectivity index (χ3v) is 4.47. The number of thiophene rings is 1. The summed E-state index contributed by atoms with van der Waals surface area (Å²) in [4.78, 5) is 1.15. The van der Waals surface area contributed by atoms with E-state index in [-0.39, 0.29) is 11.5 Å². The van der Waals surface area contributed by atoms with E-state index in [0.717, 1.165) is 20.1 Å². The highest BCUT2D eigenvalue weighted by atomic mass is 79.9. The molecule has 0 aliphatic carbocycles. The van der Waals surface area contributed by atoms with Gasteiger partial charge in [-0.25, -0.2) is 0 Å². The minimum atomic E-state index is 0.0869. The van der Waals surface area contributed by atoms with Crippen LogP contribution in [0.1, 0.15) is 38.1 Å². The molecule has 80 valence electrons. The van der Waals surface area contributed by atoms with E-state index >= 15 is 0 Å². The van der Waals surface area contributed by atoms with Crippen LogP contribution in [-0.2, 0) is 0 Å². The molecule has 1 aromatic rings. The Morgan fingerprint density at radius 3 is 2.50 bits per heavy atom.